The summed E-state index contributed by atoms with van der Waals surface area (Å²) in [7, 11) is 3.18. The van der Waals surface area contributed by atoms with Crippen molar-refractivity contribution in [3.63, 3.8) is 0 Å². The van der Waals surface area contributed by atoms with Gasteiger partial charge >= 0.3 is 18.0 Å². The fraction of sp³-hybridized carbons (Fsp3) is 0.290. The molecule has 0 aromatic heterocycles. The van der Waals surface area contributed by atoms with Crippen LogP contribution in [0.1, 0.15) is 28.4 Å². The zero-order valence-electron chi connectivity index (χ0n) is 23.2. The molecule has 0 radical (unpaired) electrons. The van der Waals surface area contributed by atoms with Crippen molar-refractivity contribution < 1.29 is 38.1 Å². The van der Waals surface area contributed by atoms with Crippen molar-refractivity contribution >= 4 is 23.8 Å². The van der Waals surface area contributed by atoms with E-state index in [1.807, 2.05) is 18.2 Å². The van der Waals surface area contributed by atoms with E-state index in [1.54, 1.807) is 80.9 Å². The van der Waals surface area contributed by atoms with Gasteiger partial charge in [-0.15, -0.1) is 0 Å². The second-order valence-electron chi connectivity index (χ2n) is 9.12. The summed E-state index contributed by atoms with van der Waals surface area (Å²) >= 11 is 0. The fourth-order valence-corrected chi connectivity index (χ4v) is 3.83. The largest absolute Gasteiger partial charge is 0.497 e. The Bertz CT molecular complexity index is 1280. The van der Waals surface area contributed by atoms with Crippen LogP contribution < -0.4 is 15.4 Å². The number of esters is 2. The van der Waals surface area contributed by atoms with Gasteiger partial charge in [0, 0.05) is 5.56 Å². The number of methoxy groups -OCH3 is 1. The van der Waals surface area contributed by atoms with Crippen molar-refractivity contribution in [2.45, 2.75) is 38.1 Å². The number of alkyl carbamates (subject to hydrolysis) is 1. The molecule has 3 rings (SSSR count). The molecule has 41 heavy (non-hydrogen) atoms. The Balaban J connectivity index is 1.66. The summed E-state index contributed by atoms with van der Waals surface area (Å²) in [6.07, 6.45) is -1.77. The van der Waals surface area contributed by atoms with Crippen molar-refractivity contribution in [1.82, 2.24) is 10.6 Å². The molecular weight excluding hydrogens is 528 g/mol. The number of carbonyl (C=O) groups excluding carboxylic acids is 4. The molecule has 0 aliphatic rings. The third-order valence-corrected chi connectivity index (χ3v) is 6.18. The molecule has 2 N–H and O–H groups in total. The maximum absolute atomic E-state index is 13.0. The minimum absolute atomic E-state index is 0.0429. The van der Waals surface area contributed by atoms with Gasteiger partial charge < -0.3 is 29.6 Å². The van der Waals surface area contributed by atoms with Crippen LogP contribution in [0.3, 0.4) is 0 Å². The van der Waals surface area contributed by atoms with Gasteiger partial charge in [0.15, 0.2) is 18.4 Å². The summed E-state index contributed by atoms with van der Waals surface area (Å²) in [5.41, 5.74) is 1.96. The van der Waals surface area contributed by atoms with Gasteiger partial charge in [0.25, 0.3) is 0 Å². The summed E-state index contributed by atoms with van der Waals surface area (Å²) in [6.45, 7) is 0.844. The third kappa shape index (κ3) is 9.77. The molecule has 10 nitrogen and oxygen atoms in total. The van der Waals surface area contributed by atoms with Crippen molar-refractivity contribution in [3.05, 3.63) is 102 Å². The number of ketones is 1. The van der Waals surface area contributed by atoms with E-state index in [0.29, 0.717) is 17.7 Å². The number of benzene rings is 3. The van der Waals surface area contributed by atoms with Gasteiger partial charge in [0.1, 0.15) is 24.5 Å². The van der Waals surface area contributed by atoms with Crippen molar-refractivity contribution in [3.8, 4) is 5.75 Å². The van der Waals surface area contributed by atoms with E-state index < -0.39 is 48.6 Å². The number of nitrogens with one attached hydrogen (secondary N) is 2. The SMILES string of the molecule is CN[C@@H](Cc1ccc(OC)cc1)C(=O)O[C@H](C)[C@H](NC(=O)OCc1ccccc1)C(=O)OCC(=O)c1ccccc1. The Labute approximate surface area is 238 Å². The number of ether oxygens (including phenoxy) is 4. The van der Waals surface area contributed by atoms with E-state index in [9.17, 15) is 19.2 Å². The first kappa shape index (κ1) is 30.8. The third-order valence-electron chi connectivity index (χ3n) is 6.18. The second-order valence-corrected chi connectivity index (χ2v) is 9.12. The van der Waals surface area contributed by atoms with Gasteiger partial charge in [-0.3, -0.25) is 9.59 Å². The molecule has 3 aromatic carbocycles. The van der Waals surface area contributed by atoms with Crippen LogP contribution in [-0.4, -0.2) is 62.8 Å². The normalized spacial score (nSPS) is 12.8. The van der Waals surface area contributed by atoms with Gasteiger partial charge in [0.2, 0.25) is 0 Å². The number of hydrogen-bond acceptors (Lipinski definition) is 9. The van der Waals surface area contributed by atoms with Gasteiger partial charge in [0.05, 0.1) is 7.11 Å². The first-order chi connectivity index (χ1) is 19.8. The zero-order chi connectivity index (χ0) is 29.6. The quantitative estimate of drug-likeness (QED) is 0.172. The summed E-state index contributed by atoms with van der Waals surface area (Å²) in [6, 6.07) is 22.3. The summed E-state index contributed by atoms with van der Waals surface area (Å²) in [5, 5.41) is 5.33. The Hall–Kier alpha value is -4.70. The molecule has 216 valence electrons. The molecule has 0 spiro atoms. The van der Waals surface area contributed by atoms with Crippen LogP contribution in [0.4, 0.5) is 4.79 Å². The molecule has 3 atom stereocenters. The fourth-order valence-electron chi connectivity index (χ4n) is 3.83. The van der Waals surface area contributed by atoms with Gasteiger partial charge in [-0.1, -0.05) is 72.8 Å². The van der Waals surface area contributed by atoms with Crippen LogP contribution in [0.25, 0.3) is 0 Å². The number of carbonyl (C=O) groups is 4. The van der Waals surface area contributed by atoms with Crippen molar-refractivity contribution in [1.29, 1.82) is 0 Å². The molecule has 0 aliphatic carbocycles. The summed E-state index contributed by atoms with van der Waals surface area (Å²) < 4.78 is 21.2. The minimum atomic E-state index is -1.44. The first-order valence-corrected chi connectivity index (χ1v) is 13.0. The Morgan fingerprint density at radius 3 is 2.02 bits per heavy atom. The highest BCUT2D eigenvalue weighted by atomic mass is 16.6. The molecule has 1 amide bonds. The average molecular weight is 563 g/mol. The number of Topliss-reactive ketones (excluding diaryl/α,β-unsaturated/α-hetero) is 1. The van der Waals surface area contributed by atoms with E-state index in [4.69, 9.17) is 18.9 Å². The molecule has 0 heterocycles. The topological polar surface area (TPSA) is 129 Å². The maximum Gasteiger partial charge on any atom is 0.408 e. The van der Waals surface area contributed by atoms with E-state index in [0.717, 1.165) is 11.1 Å². The van der Waals surface area contributed by atoms with Crippen LogP contribution in [0.15, 0.2) is 84.9 Å². The molecule has 3 aromatic rings. The number of hydrogen-bond donors (Lipinski definition) is 2. The van der Waals surface area contributed by atoms with E-state index in [2.05, 4.69) is 10.6 Å². The monoisotopic (exact) mass is 562 g/mol. The number of rotatable bonds is 14. The average Bonchev–Trinajstić information content (AvgIpc) is 3.01. The molecule has 0 bridgehead atoms. The zero-order valence-corrected chi connectivity index (χ0v) is 23.2. The lowest BCUT2D eigenvalue weighted by molar-refractivity contribution is -0.158. The molecule has 0 fully saturated rings. The Morgan fingerprint density at radius 2 is 1.41 bits per heavy atom. The van der Waals surface area contributed by atoms with E-state index in [1.165, 1.54) is 6.92 Å². The van der Waals surface area contributed by atoms with Crippen LogP contribution >= 0.6 is 0 Å². The first-order valence-electron chi connectivity index (χ1n) is 13.0. The maximum atomic E-state index is 13.0. The number of likely N-dealkylation sites (N-methyl/N-ethyl adjacent to an activating group) is 1. The predicted octanol–water partition coefficient (Wildman–Crippen LogP) is 3.48. The Kier molecular flexibility index (Phi) is 11.9. The molecular formula is C31H34N2O8. The lowest BCUT2D eigenvalue weighted by Crippen LogP contribution is -2.51. The molecule has 0 saturated heterocycles. The van der Waals surface area contributed by atoms with Crippen molar-refractivity contribution in [2.24, 2.45) is 0 Å². The van der Waals surface area contributed by atoms with Crippen LogP contribution in [0.2, 0.25) is 0 Å². The second kappa shape index (κ2) is 15.8. The van der Waals surface area contributed by atoms with E-state index >= 15 is 0 Å². The van der Waals surface area contributed by atoms with Gasteiger partial charge in [-0.05, 0) is 43.7 Å². The predicted molar refractivity (Wildman–Crippen MR) is 150 cm³/mol. The van der Waals surface area contributed by atoms with Crippen LogP contribution in [-0.2, 0) is 36.8 Å². The molecule has 0 saturated carbocycles. The smallest absolute Gasteiger partial charge is 0.408 e. The Morgan fingerprint density at radius 1 is 0.780 bits per heavy atom. The highest BCUT2D eigenvalue weighted by Gasteiger charge is 2.34. The van der Waals surface area contributed by atoms with Gasteiger partial charge in [-0.2, -0.15) is 0 Å². The van der Waals surface area contributed by atoms with E-state index in [-0.39, 0.29) is 6.61 Å². The molecule has 0 unspecified atom stereocenters. The summed E-state index contributed by atoms with van der Waals surface area (Å²) in [5.74, 6) is -1.34. The summed E-state index contributed by atoms with van der Waals surface area (Å²) in [4.78, 5) is 51.1. The highest BCUT2D eigenvalue weighted by molar-refractivity contribution is 5.98. The van der Waals surface area contributed by atoms with Gasteiger partial charge in [-0.25, -0.2) is 9.59 Å². The molecule has 10 heteroatoms. The minimum Gasteiger partial charge on any atom is -0.497 e. The number of amides is 1. The van der Waals surface area contributed by atoms with Crippen LogP contribution in [0, 0.1) is 0 Å². The lowest BCUT2D eigenvalue weighted by Gasteiger charge is -2.25. The highest BCUT2D eigenvalue weighted by Crippen LogP contribution is 2.14. The standard InChI is InChI=1S/C31H34N2O8/c1-21(41-29(35)26(32-2)18-22-14-16-25(38-3)17-15-22)28(33-31(37)40-19-23-10-6-4-7-11-23)30(36)39-20-27(34)24-12-8-5-9-13-24/h4-17,21,26,28,32H,18-20H2,1-3H3,(H,33,37)/t21-,26+,28+/m1/s1. The van der Waals surface area contributed by atoms with Crippen LogP contribution in [0.5, 0.6) is 5.75 Å². The van der Waals surface area contributed by atoms with Crippen molar-refractivity contribution in [2.75, 3.05) is 20.8 Å². The lowest BCUT2D eigenvalue weighted by atomic mass is 10.1. The molecule has 0 aliphatic heterocycles.